The number of nitrogens with two attached hydrogens (primary N) is 1. The minimum atomic E-state index is -1.02. The molecule has 1 saturated carbocycles. The van der Waals surface area contributed by atoms with Crippen LogP contribution in [0.3, 0.4) is 0 Å². The van der Waals surface area contributed by atoms with Crippen molar-refractivity contribution >= 4 is 17.5 Å². The highest BCUT2D eigenvalue weighted by Gasteiger charge is 2.63. The Morgan fingerprint density at radius 3 is 2.30 bits per heavy atom. The third kappa shape index (κ3) is 3.87. The predicted octanol–water partition coefficient (Wildman–Crippen LogP) is 2.54. The fourth-order valence-electron chi connectivity index (χ4n) is 3.98. The van der Waals surface area contributed by atoms with Gasteiger partial charge in [0.2, 0.25) is 11.8 Å². The number of nitrogens with one attached hydrogen (secondary N) is 1. The summed E-state index contributed by atoms with van der Waals surface area (Å²) in [6, 6.07) is 4.05. The first kappa shape index (κ1) is 21.4. The Hall–Kier alpha value is -1.92. The fraction of sp³-hybridized carbons (Fsp3) is 0.619. The first-order valence-electron chi connectivity index (χ1n) is 9.47. The van der Waals surface area contributed by atoms with E-state index in [-0.39, 0.29) is 24.5 Å². The van der Waals surface area contributed by atoms with E-state index >= 15 is 0 Å². The zero-order chi connectivity index (χ0) is 20.6. The monoisotopic (exact) mass is 375 g/mol. The van der Waals surface area contributed by atoms with Crippen LogP contribution in [0.15, 0.2) is 12.1 Å². The molecular formula is C21H33N3O3. The Labute approximate surface area is 162 Å². The van der Waals surface area contributed by atoms with Crippen molar-refractivity contribution in [2.24, 2.45) is 11.1 Å². The molecule has 6 nitrogen and oxygen atoms in total. The summed E-state index contributed by atoms with van der Waals surface area (Å²) in [7, 11) is 1.62. The van der Waals surface area contributed by atoms with E-state index in [4.69, 9.17) is 10.5 Å². The second-order valence-corrected chi connectivity index (χ2v) is 8.32. The molecule has 2 amide bonds. The fourth-order valence-corrected chi connectivity index (χ4v) is 3.98. The number of carbonyl (C=O) groups excluding carboxylic acids is 2. The molecule has 1 aromatic carbocycles. The molecule has 0 aliphatic heterocycles. The molecule has 1 aromatic rings. The molecule has 1 aliphatic carbocycles. The predicted molar refractivity (Wildman–Crippen MR) is 108 cm³/mol. The van der Waals surface area contributed by atoms with Gasteiger partial charge in [-0.25, -0.2) is 0 Å². The van der Waals surface area contributed by atoms with Crippen molar-refractivity contribution in [1.82, 2.24) is 4.90 Å². The number of likely N-dealkylation sites (N-methyl/N-ethyl adjacent to an activating group) is 1. The highest BCUT2D eigenvalue weighted by atomic mass is 16.5. The molecule has 150 valence electrons. The van der Waals surface area contributed by atoms with Gasteiger partial charge in [0.05, 0.1) is 12.6 Å². The average molecular weight is 376 g/mol. The van der Waals surface area contributed by atoms with E-state index in [1.165, 1.54) is 4.90 Å². The zero-order valence-electron chi connectivity index (χ0n) is 17.6. The van der Waals surface area contributed by atoms with Gasteiger partial charge in [-0.15, -0.1) is 0 Å². The molecule has 0 bridgehead atoms. The lowest BCUT2D eigenvalue weighted by Crippen LogP contribution is -2.76. The van der Waals surface area contributed by atoms with Crippen LogP contribution in [0.2, 0.25) is 0 Å². The zero-order valence-corrected chi connectivity index (χ0v) is 17.6. The van der Waals surface area contributed by atoms with Crippen molar-refractivity contribution < 1.29 is 14.3 Å². The minimum Gasteiger partial charge on any atom is -0.378 e. The van der Waals surface area contributed by atoms with E-state index in [1.54, 1.807) is 7.05 Å². The van der Waals surface area contributed by atoms with E-state index in [0.29, 0.717) is 13.0 Å². The number of hydrogen-bond donors (Lipinski definition) is 2. The molecule has 0 heterocycles. The molecule has 6 heteroatoms. The van der Waals surface area contributed by atoms with E-state index in [2.05, 4.69) is 5.32 Å². The number of carbonyl (C=O) groups is 2. The summed E-state index contributed by atoms with van der Waals surface area (Å²) in [6.45, 7) is 12.3. The smallest absolute Gasteiger partial charge is 0.243 e. The first-order valence-corrected chi connectivity index (χ1v) is 9.47. The van der Waals surface area contributed by atoms with Gasteiger partial charge in [-0.1, -0.05) is 31.5 Å². The molecular weight excluding hydrogens is 342 g/mol. The van der Waals surface area contributed by atoms with E-state index in [1.807, 2.05) is 53.7 Å². The molecule has 0 spiro atoms. The van der Waals surface area contributed by atoms with Gasteiger partial charge >= 0.3 is 0 Å². The maximum Gasteiger partial charge on any atom is 0.243 e. The van der Waals surface area contributed by atoms with Gasteiger partial charge in [0.25, 0.3) is 0 Å². The van der Waals surface area contributed by atoms with Crippen LogP contribution in [0.1, 0.15) is 43.9 Å². The topological polar surface area (TPSA) is 84.7 Å². The van der Waals surface area contributed by atoms with Crippen LogP contribution in [0.25, 0.3) is 0 Å². The van der Waals surface area contributed by atoms with Crippen LogP contribution in [0, 0.1) is 26.2 Å². The van der Waals surface area contributed by atoms with E-state index < -0.39 is 11.0 Å². The molecule has 27 heavy (non-hydrogen) atoms. The lowest BCUT2D eigenvalue weighted by molar-refractivity contribution is -0.178. The van der Waals surface area contributed by atoms with Gasteiger partial charge in [-0.3, -0.25) is 9.59 Å². The molecule has 2 unspecified atom stereocenters. The highest BCUT2D eigenvalue weighted by molar-refractivity contribution is 5.97. The maximum absolute atomic E-state index is 12.9. The number of nitrogens with zero attached hydrogens (tertiary/aromatic N) is 1. The van der Waals surface area contributed by atoms with Crippen LogP contribution >= 0.6 is 0 Å². The molecule has 0 saturated heterocycles. The molecule has 2 atom stereocenters. The summed E-state index contributed by atoms with van der Waals surface area (Å²) < 4.78 is 5.68. The number of aryl methyl sites for hydroxylation is 3. The third-order valence-corrected chi connectivity index (χ3v) is 5.88. The van der Waals surface area contributed by atoms with Gasteiger partial charge < -0.3 is 20.7 Å². The summed E-state index contributed by atoms with van der Waals surface area (Å²) in [5.41, 5.74) is 8.90. The Balaban J connectivity index is 2.04. The number of amides is 2. The Kier molecular flexibility index (Phi) is 6.02. The number of hydrogen-bond acceptors (Lipinski definition) is 4. The third-order valence-electron chi connectivity index (χ3n) is 5.88. The molecule has 1 fully saturated rings. The molecule has 0 aromatic heterocycles. The standard InChI is InChI=1S/C21H33N3O3/c1-8-27-16-11-21(22,20(16,5)6)19(26)24(7)12-17(25)23-18-14(3)9-13(2)10-15(18)4/h9-10,16H,8,11-12,22H2,1-7H3,(H,23,25). The minimum absolute atomic E-state index is 0.0417. The summed E-state index contributed by atoms with van der Waals surface area (Å²) in [5.74, 6) is -0.459. The van der Waals surface area contributed by atoms with Crippen LogP contribution in [-0.2, 0) is 14.3 Å². The van der Waals surface area contributed by atoms with Gasteiger partial charge in [0.15, 0.2) is 0 Å². The maximum atomic E-state index is 12.9. The van der Waals surface area contributed by atoms with Crippen LogP contribution in [0.4, 0.5) is 5.69 Å². The number of rotatable bonds is 6. The normalized spacial score (nSPS) is 23.5. The highest BCUT2D eigenvalue weighted by Crippen LogP contribution is 2.50. The Morgan fingerprint density at radius 1 is 1.26 bits per heavy atom. The Bertz CT molecular complexity index is 721. The second kappa shape index (κ2) is 7.60. The van der Waals surface area contributed by atoms with Gasteiger partial charge in [-0.2, -0.15) is 0 Å². The van der Waals surface area contributed by atoms with Gasteiger partial charge in [0, 0.05) is 31.2 Å². The number of ether oxygens (including phenoxy) is 1. The number of anilines is 1. The molecule has 3 N–H and O–H groups in total. The van der Waals surface area contributed by atoms with Gasteiger partial charge in [0.1, 0.15) is 5.54 Å². The van der Waals surface area contributed by atoms with Crippen molar-refractivity contribution in [1.29, 1.82) is 0 Å². The SMILES string of the molecule is CCOC1CC(N)(C(=O)N(C)CC(=O)Nc2c(C)cc(C)cc2C)C1(C)C. The van der Waals surface area contributed by atoms with Crippen LogP contribution < -0.4 is 11.1 Å². The quantitative estimate of drug-likeness (QED) is 0.800. The summed E-state index contributed by atoms with van der Waals surface area (Å²) >= 11 is 0. The molecule has 1 aliphatic rings. The van der Waals surface area contributed by atoms with Crippen LogP contribution in [-0.4, -0.2) is 48.6 Å². The second-order valence-electron chi connectivity index (χ2n) is 8.32. The van der Waals surface area contributed by atoms with Crippen molar-refractivity contribution in [3.8, 4) is 0 Å². The largest absolute Gasteiger partial charge is 0.378 e. The van der Waals surface area contributed by atoms with E-state index in [0.717, 1.165) is 22.4 Å². The summed E-state index contributed by atoms with van der Waals surface area (Å²) in [5, 5.41) is 2.93. The lowest BCUT2D eigenvalue weighted by atomic mass is 9.54. The lowest BCUT2D eigenvalue weighted by Gasteiger charge is -2.58. The number of benzene rings is 1. The van der Waals surface area contributed by atoms with Crippen molar-refractivity contribution in [2.75, 3.05) is 25.5 Å². The Morgan fingerprint density at radius 2 is 1.81 bits per heavy atom. The van der Waals surface area contributed by atoms with Crippen molar-refractivity contribution in [3.05, 3.63) is 28.8 Å². The summed E-state index contributed by atoms with van der Waals surface area (Å²) in [6.07, 6.45) is 0.422. The first-order chi connectivity index (χ1) is 12.4. The summed E-state index contributed by atoms with van der Waals surface area (Å²) in [4.78, 5) is 26.9. The van der Waals surface area contributed by atoms with Crippen molar-refractivity contribution in [3.63, 3.8) is 0 Å². The average Bonchev–Trinajstić information content (AvgIpc) is 2.56. The van der Waals surface area contributed by atoms with Crippen molar-refractivity contribution in [2.45, 2.75) is 59.6 Å². The van der Waals surface area contributed by atoms with Crippen LogP contribution in [0.5, 0.6) is 0 Å². The van der Waals surface area contributed by atoms with Gasteiger partial charge in [-0.05, 0) is 38.8 Å². The van der Waals surface area contributed by atoms with E-state index in [9.17, 15) is 9.59 Å². The molecule has 2 rings (SSSR count). The molecule has 0 radical (unpaired) electrons.